The largest absolute Gasteiger partial charge is 0.339 e. The lowest BCUT2D eigenvalue weighted by Crippen LogP contribution is -2.53. The number of hydrogen-bond acceptors (Lipinski definition) is 5. The average molecular weight is 490 g/mol. The lowest BCUT2D eigenvalue weighted by molar-refractivity contribution is -0.134. The molecule has 3 aromatic rings. The first-order valence-corrected chi connectivity index (χ1v) is 13.2. The lowest BCUT2D eigenvalue weighted by Gasteiger charge is -2.41. The third-order valence-electron chi connectivity index (χ3n) is 6.83. The zero-order valence-corrected chi connectivity index (χ0v) is 20.6. The van der Waals surface area contributed by atoms with Crippen LogP contribution in [0.3, 0.4) is 0 Å². The number of amides is 2. The van der Waals surface area contributed by atoms with Crippen molar-refractivity contribution in [3.05, 3.63) is 78.1 Å². The molecule has 1 fully saturated rings. The van der Waals surface area contributed by atoms with Crippen molar-refractivity contribution in [2.75, 3.05) is 37.2 Å². The van der Waals surface area contributed by atoms with Gasteiger partial charge in [0.2, 0.25) is 11.8 Å². The summed E-state index contributed by atoms with van der Waals surface area (Å²) in [4.78, 5) is 30.6. The molecule has 1 N–H and O–H groups in total. The molecule has 8 heteroatoms. The summed E-state index contributed by atoms with van der Waals surface area (Å²) < 4.78 is 1.60. The second-order valence-corrected chi connectivity index (χ2v) is 10.2. The first-order chi connectivity index (χ1) is 17.1. The van der Waals surface area contributed by atoms with E-state index in [9.17, 15) is 9.59 Å². The monoisotopic (exact) mass is 489 g/mol. The highest BCUT2D eigenvalue weighted by Gasteiger charge is 2.28. The number of aromatic nitrogens is 2. The molecule has 2 aliphatic rings. The molecule has 7 nitrogen and oxygen atoms in total. The molecule has 0 bridgehead atoms. The Kier molecular flexibility index (Phi) is 7.49. The first kappa shape index (κ1) is 23.6. The van der Waals surface area contributed by atoms with Gasteiger partial charge in [0, 0.05) is 43.3 Å². The van der Waals surface area contributed by atoms with Crippen LogP contribution in [0.4, 0.5) is 5.69 Å². The number of carbonyl (C=O) groups excluding carboxylic acids is 2. The minimum atomic E-state index is -0.0915. The molecule has 0 radical (unpaired) electrons. The molecule has 0 unspecified atom stereocenters. The topological polar surface area (TPSA) is 70.5 Å². The normalized spacial score (nSPS) is 18.2. The number of piperazine rings is 1. The van der Waals surface area contributed by atoms with E-state index in [4.69, 9.17) is 0 Å². The maximum atomic E-state index is 12.9. The van der Waals surface area contributed by atoms with Crippen LogP contribution in [0.15, 0.2) is 71.9 Å². The summed E-state index contributed by atoms with van der Waals surface area (Å²) in [6.07, 6.45) is 6.76. The highest BCUT2D eigenvalue weighted by atomic mass is 32.2. The average Bonchev–Trinajstić information content (AvgIpc) is 3.34. The Morgan fingerprint density at radius 3 is 2.51 bits per heavy atom. The fourth-order valence-corrected chi connectivity index (χ4v) is 5.66. The Bertz CT molecular complexity index is 1160. The number of fused-ring (bicyclic) bond motifs is 1. The summed E-state index contributed by atoms with van der Waals surface area (Å²) >= 11 is 1.49. The van der Waals surface area contributed by atoms with E-state index in [1.807, 2.05) is 35.2 Å². The quantitative estimate of drug-likeness (QED) is 0.516. The summed E-state index contributed by atoms with van der Waals surface area (Å²) in [5, 5.41) is 7.13. The molecule has 2 aromatic carbocycles. The maximum Gasteiger partial charge on any atom is 0.244 e. The number of aryl methyl sites for hydroxylation is 1. The van der Waals surface area contributed by atoms with Crippen LogP contribution in [0.2, 0.25) is 0 Å². The summed E-state index contributed by atoms with van der Waals surface area (Å²) in [6, 6.07) is 19.2. The van der Waals surface area contributed by atoms with Gasteiger partial charge in [0.25, 0.3) is 0 Å². The SMILES string of the molecule is O=C(CSc1ccccc1)Nc1cnn(CC(=O)N2CCN([C@@H]3CCc4ccccc4C3)CC2)c1. The van der Waals surface area contributed by atoms with E-state index < -0.39 is 0 Å². The van der Waals surface area contributed by atoms with Crippen LogP contribution in [0.25, 0.3) is 0 Å². The van der Waals surface area contributed by atoms with Gasteiger partial charge in [-0.25, -0.2) is 0 Å². The van der Waals surface area contributed by atoms with Gasteiger partial charge in [-0.1, -0.05) is 42.5 Å². The zero-order chi connectivity index (χ0) is 24.0. The van der Waals surface area contributed by atoms with Crippen LogP contribution in [-0.4, -0.2) is 69.4 Å². The van der Waals surface area contributed by atoms with Crippen molar-refractivity contribution >= 4 is 29.3 Å². The lowest BCUT2D eigenvalue weighted by atomic mass is 9.87. The predicted molar refractivity (Wildman–Crippen MR) is 138 cm³/mol. The van der Waals surface area contributed by atoms with Crippen molar-refractivity contribution in [2.45, 2.75) is 36.7 Å². The van der Waals surface area contributed by atoms with Crippen LogP contribution in [0.5, 0.6) is 0 Å². The Hall–Kier alpha value is -3.10. The number of benzene rings is 2. The van der Waals surface area contributed by atoms with E-state index in [1.165, 1.54) is 29.3 Å². The van der Waals surface area contributed by atoms with Crippen LogP contribution in [0, 0.1) is 0 Å². The minimum Gasteiger partial charge on any atom is -0.339 e. The van der Waals surface area contributed by atoms with Gasteiger partial charge in [0.1, 0.15) is 6.54 Å². The van der Waals surface area contributed by atoms with Gasteiger partial charge in [-0.15, -0.1) is 11.8 Å². The fourth-order valence-electron chi connectivity index (χ4n) is 4.94. The van der Waals surface area contributed by atoms with Gasteiger partial charge in [0.05, 0.1) is 17.6 Å². The first-order valence-electron chi connectivity index (χ1n) is 12.2. The van der Waals surface area contributed by atoms with Crippen molar-refractivity contribution in [1.82, 2.24) is 19.6 Å². The van der Waals surface area contributed by atoms with Gasteiger partial charge >= 0.3 is 0 Å². The molecule has 1 aromatic heterocycles. The van der Waals surface area contributed by atoms with Crippen LogP contribution in [-0.2, 0) is 29.0 Å². The number of nitrogens with zero attached hydrogens (tertiary/aromatic N) is 4. The molecule has 2 heterocycles. The highest BCUT2D eigenvalue weighted by Crippen LogP contribution is 2.25. The molecule has 0 saturated carbocycles. The van der Waals surface area contributed by atoms with E-state index in [0.717, 1.165) is 43.9 Å². The second-order valence-electron chi connectivity index (χ2n) is 9.16. The van der Waals surface area contributed by atoms with E-state index in [2.05, 4.69) is 39.6 Å². The maximum absolute atomic E-state index is 12.9. The van der Waals surface area contributed by atoms with E-state index in [0.29, 0.717) is 17.5 Å². The molecule has 1 saturated heterocycles. The van der Waals surface area contributed by atoms with Gasteiger partial charge in [-0.2, -0.15) is 5.10 Å². The molecule has 2 amide bonds. The Balaban J connectivity index is 1.06. The minimum absolute atomic E-state index is 0.0687. The number of anilines is 1. The third kappa shape index (κ3) is 6.13. The van der Waals surface area contributed by atoms with E-state index in [-0.39, 0.29) is 18.4 Å². The molecular weight excluding hydrogens is 458 g/mol. The smallest absolute Gasteiger partial charge is 0.244 e. The van der Waals surface area contributed by atoms with Crippen molar-refractivity contribution in [1.29, 1.82) is 0 Å². The van der Waals surface area contributed by atoms with Crippen LogP contribution < -0.4 is 5.32 Å². The Morgan fingerprint density at radius 1 is 0.971 bits per heavy atom. The van der Waals surface area contributed by atoms with Gasteiger partial charge < -0.3 is 10.2 Å². The Morgan fingerprint density at radius 2 is 1.71 bits per heavy atom. The summed E-state index contributed by atoms with van der Waals surface area (Å²) in [5.41, 5.74) is 3.57. The molecule has 1 aliphatic heterocycles. The second kappa shape index (κ2) is 11.1. The van der Waals surface area contributed by atoms with Crippen molar-refractivity contribution in [3.63, 3.8) is 0 Å². The van der Waals surface area contributed by atoms with Gasteiger partial charge in [-0.05, 0) is 42.5 Å². The molecular formula is C27H31N5O2S. The number of rotatable bonds is 7. The zero-order valence-electron chi connectivity index (χ0n) is 19.8. The van der Waals surface area contributed by atoms with Crippen molar-refractivity contribution < 1.29 is 9.59 Å². The molecule has 5 rings (SSSR count). The fraction of sp³-hybridized carbons (Fsp3) is 0.370. The van der Waals surface area contributed by atoms with E-state index in [1.54, 1.807) is 17.1 Å². The predicted octanol–water partition coefficient (Wildman–Crippen LogP) is 3.32. The van der Waals surface area contributed by atoms with Crippen molar-refractivity contribution in [3.8, 4) is 0 Å². The third-order valence-corrected chi connectivity index (χ3v) is 7.84. The van der Waals surface area contributed by atoms with Crippen LogP contribution in [0.1, 0.15) is 17.5 Å². The Labute approximate surface area is 210 Å². The number of thioether (sulfide) groups is 1. The molecule has 0 spiro atoms. The van der Waals surface area contributed by atoms with Crippen LogP contribution >= 0.6 is 11.8 Å². The molecule has 1 atom stereocenters. The van der Waals surface area contributed by atoms with E-state index >= 15 is 0 Å². The number of hydrogen-bond donors (Lipinski definition) is 1. The highest BCUT2D eigenvalue weighted by molar-refractivity contribution is 8.00. The standard InChI is InChI=1S/C27H31N5O2S/c33-26(20-35-25-8-2-1-3-9-25)29-23-17-28-32(18-23)19-27(34)31-14-12-30(13-15-31)24-11-10-21-6-4-5-7-22(21)16-24/h1-9,17-18,24H,10-16,19-20H2,(H,29,33)/t24-/m1/s1. The number of nitrogens with one attached hydrogen (secondary N) is 1. The summed E-state index contributed by atoms with van der Waals surface area (Å²) in [6.45, 7) is 3.51. The van der Waals surface area contributed by atoms with Crippen molar-refractivity contribution in [2.24, 2.45) is 0 Å². The summed E-state index contributed by atoms with van der Waals surface area (Å²) in [7, 11) is 0. The molecule has 1 aliphatic carbocycles. The van der Waals surface area contributed by atoms with Gasteiger partial charge in [-0.3, -0.25) is 19.2 Å². The number of carbonyl (C=O) groups is 2. The molecule has 182 valence electrons. The van der Waals surface area contributed by atoms with Gasteiger partial charge in [0.15, 0.2) is 0 Å². The molecule has 35 heavy (non-hydrogen) atoms. The summed E-state index contributed by atoms with van der Waals surface area (Å²) in [5.74, 6) is 0.302.